The lowest BCUT2D eigenvalue weighted by molar-refractivity contribution is 0.102. The maximum atomic E-state index is 12.6. The van der Waals surface area contributed by atoms with Gasteiger partial charge in [-0.1, -0.05) is 23.4 Å². The summed E-state index contributed by atoms with van der Waals surface area (Å²) in [7, 11) is 0. The number of nitrogens with one attached hydrogen (secondary N) is 1. The third-order valence-electron chi connectivity index (χ3n) is 4.33. The lowest BCUT2D eigenvalue weighted by atomic mass is 10.2. The highest BCUT2D eigenvalue weighted by Crippen LogP contribution is 2.20. The number of carbonyl (C=O) groups excluding carboxylic acids is 1. The van der Waals surface area contributed by atoms with Crippen molar-refractivity contribution in [3.63, 3.8) is 0 Å². The number of anilines is 1. The van der Waals surface area contributed by atoms with Crippen molar-refractivity contribution in [3.8, 4) is 0 Å². The fraction of sp³-hybridized carbons (Fsp3) is 0.211. The number of imidazole rings is 1. The average Bonchev–Trinajstić information content (AvgIpc) is 3.32. The van der Waals surface area contributed by atoms with Crippen LogP contribution >= 0.6 is 0 Å². The molecule has 0 bridgehead atoms. The molecule has 3 N–H and O–H groups in total. The molecular formula is C19H20N8O. The van der Waals surface area contributed by atoms with Crippen LogP contribution in [0.2, 0.25) is 0 Å². The molecule has 1 amide bonds. The van der Waals surface area contributed by atoms with E-state index in [9.17, 15) is 4.79 Å². The van der Waals surface area contributed by atoms with E-state index in [4.69, 9.17) is 5.73 Å². The van der Waals surface area contributed by atoms with E-state index in [1.165, 1.54) is 0 Å². The number of benzene rings is 1. The SMILES string of the molecule is NCCn1cc(C(=O)Nc2nc3ccccc3n2CCc2ccccn2)nn1. The quantitative estimate of drug-likeness (QED) is 0.505. The Labute approximate surface area is 161 Å². The number of carbonyl (C=O) groups is 1. The molecule has 0 atom stereocenters. The molecule has 0 unspecified atom stereocenters. The zero-order chi connectivity index (χ0) is 19.3. The molecule has 0 aliphatic heterocycles. The second kappa shape index (κ2) is 7.97. The molecular weight excluding hydrogens is 356 g/mol. The highest BCUT2D eigenvalue weighted by molar-refractivity contribution is 6.02. The van der Waals surface area contributed by atoms with Crippen molar-refractivity contribution < 1.29 is 4.79 Å². The van der Waals surface area contributed by atoms with Crippen LogP contribution in [-0.4, -0.2) is 42.0 Å². The summed E-state index contributed by atoms with van der Waals surface area (Å²) in [5, 5.41) is 10.7. The molecule has 142 valence electrons. The fourth-order valence-electron chi connectivity index (χ4n) is 2.98. The van der Waals surface area contributed by atoms with Crippen molar-refractivity contribution in [1.82, 2.24) is 29.5 Å². The van der Waals surface area contributed by atoms with Gasteiger partial charge in [-0.15, -0.1) is 5.10 Å². The maximum absolute atomic E-state index is 12.6. The standard InChI is InChI=1S/C19H20N8O/c20-9-12-26-13-16(24-25-26)18(28)23-19-22-15-6-1-2-7-17(15)27(19)11-8-14-5-3-4-10-21-14/h1-7,10,13H,8-9,11-12,20H2,(H,22,23,28). The smallest absolute Gasteiger partial charge is 0.280 e. The van der Waals surface area contributed by atoms with Crippen molar-refractivity contribution in [1.29, 1.82) is 0 Å². The molecule has 28 heavy (non-hydrogen) atoms. The van der Waals surface area contributed by atoms with Crippen molar-refractivity contribution in [2.45, 2.75) is 19.5 Å². The second-order valence-electron chi connectivity index (χ2n) is 6.26. The van der Waals surface area contributed by atoms with E-state index in [-0.39, 0.29) is 11.6 Å². The monoisotopic (exact) mass is 376 g/mol. The average molecular weight is 376 g/mol. The Bertz CT molecular complexity index is 1090. The van der Waals surface area contributed by atoms with Gasteiger partial charge in [0.05, 0.1) is 23.8 Å². The number of aromatic nitrogens is 6. The summed E-state index contributed by atoms with van der Waals surface area (Å²) in [5.41, 5.74) is 8.46. The van der Waals surface area contributed by atoms with E-state index in [0.717, 1.165) is 23.1 Å². The number of hydrogen-bond donors (Lipinski definition) is 2. The summed E-state index contributed by atoms with van der Waals surface area (Å²) >= 11 is 0. The molecule has 0 fully saturated rings. The number of fused-ring (bicyclic) bond motifs is 1. The predicted octanol–water partition coefficient (Wildman–Crippen LogP) is 1.48. The number of nitrogens with zero attached hydrogens (tertiary/aromatic N) is 6. The van der Waals surface area contributed by atoms with E-state index >= 15 is 0 Å². The third kappa shape index (κ3) is 3.74. The Kier molecular flexibility index (Phi) is 5.07. The first-order chi connectivity index (χ1) is 13.7. The zero-order valence-electron chi connectivity index (χ0n) is 15.2. The van der Waals surface area contributed by atoms with Crippen LogP contribution in [-0.2, 0) is 19.5 Å². The fourth-order valence-corrected chi connectivity index (χ4v) is 2.98. The Morgan fingerprint density at radius 2 is 1.96 bits per heavy atom. The molecule has 4 rings (SSSR count). The molecule has 0 radical (unpaired) electrons. The van der Waals surface area contributed by atoms with Gasteiger partial charge in [0.2, 0.25) is 5.95 Å². The normalized spacial score (nSPS) is 11.0. The number of hydrogen-bond acceptors (Lipinski definition) is 6. The van der Waals surface area contributed by atoms with E-state index < -0.39 is 0 Å². The van der Waals surface area contributed by atoms with E-state index in [1.807, 2.05) is 47.0 Å². The number of rotatable bonds is 7. The van der Waals surface area contributed by atoms with Crippen LogP contribution in [0.25, 0.3) is 11.0 Å². The second-order valence-corrected chi connectivity index (χ2v) is 6.26. The van der Waals surface area contributed by atoms with Crippen molar-refractivity contribution in [2.24, 2.45) is 5.73 Å². The van der Waals surface area contributed by atoms with Crippen LogP contribution in [0.4, 0.5) is 5.95 Å². The van der Waals surface area contributed by atoms with Crippen molar-refractivity contribution >= 4 is 22.9 Å². The molecule has 9 heteroatoms. The number of aryl methyl sites for hydroxylation is 2. The number of para-hydroxylation sites is 2. The van der Waals surface area contributed by atoms with E-state index in [1.54, 1.807) is 17.1 Å². The van der Waals surface area contributed by atoms with E-state index in [2.05, 4.69) is 25.6 Å². The van der Waals surface area contributed by atoms with Gasteiger partial charge in [-0.25, -0.2) is 4.98 Å². The van der Waals surface area contributed by atoms with Gasteiger partial charge < -0.3 is 10.3 Å². The summed E-state index contributed by atoms with van der Waals surface area (Å²) in [6.07, 6.45) is 4.06. The summed E-state index contributed by atoms with van der Waals surface area (Å²) in [6.45, 7) is 1.56. The molecule has 0 aliphatic carbocycles. The Balaban J connectivity index is 1.59. The van der Waals surface area contributed by atoms with Crippen molar-refractivity contribution in [2.75, 3.05) is 11.9 Å². The van der Waals surface area contributed by atoms with Gasteiger partial charge in [-0.05, 0) is 24.3 Å². The Hall–Kier alpha value is -3.59. The van der Waals surface area contributed by atoms with Gasteiger partial charge in [0.15, 0.2) is 5.69 Å². The molecule has 4 aromatic rings. The van der Waals surface area contributed by atoms with Crippen LogP contribution in [0.15, 0.2) is 54.9 Å². The van der Waals surface area contributed by atoms with Crippen LogP contribution in [0.3, 0.4) is 0 Å². The molecule has 3 aromatic heterocycles. The summed E-state index contributed by atoms with van der Waals surface area (Å²) in [5.74, 6) is 0.105. The van der Waals surface area contributed by atoms with Crippen molar-refractivity contribution in [3.05, 3.63) is 66.2 Å². The number of nitrogens with two attached hydrogens (primary N) is 1. The summed E-state index contributed by atoms with van der Waals surface area (Å²) in [4.78, 5) is 21.5. The largest absolute Gasteiger partial charge is 0.329 e. The van der Waals surface area contributed by atoms with Gasteiger partial charge in [0.25, 0.3) is 5.91 Å². The van der Waals surface area contributed by atoms with Gasteiger partial charge in [-0.3, -0.25) is 19.8 Å². The highest BCUT2D eigenvalue weighted by atomic mass is 16.2. The van der Waals surface area contributed by atoms with Crippen LogP contribution in [0, 0.1) is 0 Å². The summed E-state index contributed by atoms with van der Waals surface area (Å²) < 4.78 is 3.52. The van der Waals surface area contributed by atoms with Crippen LogP contribution in [0.5, 0.6) is 0 Å². The third-order valence-corrected chi connectivity index (χ3v) is 4.33. The topological polar surface area (TPSA) is 117 Å². The maximum Gasteiger partial charge on any atom is 0.280 e. The molecule has 0 saturated heterocycles. The molecule has 3 heterocycles. The number of amides is 1. The van der Waals surface area contributed by atoms with Gasteiger partial charge in [-0.2, -0.15) is 0 Å². The highest BCUT2D eigenvalue weighted by Gasteiger charge is 2.16. The number of pyridine rings is 1. The summed E-state index contributed by atoms with van der Waals surface area (Å²) in [6, 6.07) is 13.6. The minimum atomic E-state index is -0.363. The minimum absolute atomic E-state index is 0.219. The Morgan fingerprint density at radius 3 is 2.79 bits per heavy atom. The lowest BCUT2D eigenvalue weighted by Gasteiger charge is -2.09. The molecule has 0 spiro atoms. The first-order valence-corrected chi connectivity index (χ1v) is 9.01. The first kappa shape index (κ1) is 17.8. The molecule has 0 saturated carbocycles. The minimum Gasteiger partial charge on any atom is -0.329 e. The van der Waals surface area contributed by atoms with Crippen LogP contribution < -0.4 is 11.1 Å². The molecule has 1 aromatic carbocycles. The van der Waals surface area contributed by atoms with Gasteiger partial charge in [0, 0.05) is 31.4 Å². The first-order valence-electron chi connectivity index (χ1n) is 9.01. The molecule has 9 nitrogen and oxygen atoms in total. The van der Waals surface area contributed by atoms with Gasteiger partial charge >= 0.3 is 0 Å². The lowest BCUT2D eigenvalue weighted by Crippen LogP contribution is -2.17. The Morgan fingerprint density at radius 1 is 1.11 bits per heavy atom. The predicted molar refractivity (Wildman–Crippen MR) is 105 cm³/mol. The van der Waals surface area contributed by atoms with Crippen LogP contribution in [0.1, 0.15) is 16.2 Å². The zero-order valence-corrected chi connectivity index (χ0v) is 15.2. The van der Waals surface area contributed by atoms with Gasteiger partial charge in [0.1, 0.15) is 0 Å². The van der Waals surface area contributed by atoms with E-state index in [0.29, 0.717) is 25.6 Å². The molecule has 0 aliphatic rings.